The lowest BCUT2D eigenvalue weighted by atomic mass is 10.1. The molecule has 0 amide bonds. The summed E-state index contributed by atoms with van der Waals surface area (Å²) < 4.78 is 10.2. The van der Waals surface area contributed by atoms with Crippen LogP contribution in [0.3, 0.4) is 0 Å². The van der Waals surface area contributed by atoms with Gasteiger partial charge in [-0.2, -0.15) is 0 Å². The molecule has 0 spiro atoms. The van der Waals surface area contributed by atoms with Crippen LogP contribution in [-0.4, -0.2) is 25.0 Å². The second kappa shape index (κ2) is 5.13. The van der Waals surface area contributed by atoms with Crippen molar-refractivity contribution in [2.24, 2.45) is 11.3 Å². The van der Waals surface area contributed by atoms with Crippen LogP contribution in [0.25, 0.3) is 0 Å². The van der Waals surface area contributed by atoms with Crippen LogP contribution < -0.4 is 0 Å². The van der Waals surface area contributed by atoms with Crippen LogP contribution in [0.15, 0.2) is 0 Å². The Bertz CT molecular complexity index is 335. The number of hydrogen-bond donors (Lipinski definition) is 0. The third kappa shape index (κ3) is 2.61. The van der Waals surface area contributed by atoms with Crippen molar-refractivity contribution in [3.63, 3.8) is 0 Å². The van der Waals surface area contributed by atoms with E-state index in [4.69, 9.17) is 9.47 Å². The fourth-order valence-corrected chi connectivity index (χ4v) is 1.74. The summed E-state index contributed by atoms with van der Waals surface area (Å²) in [6.45, 7) is 5.82. The minimum atomic E-state index is -0.351. The highest BCUT2D eigenvalue weighted by Crippen LogP contribution is 2.54. The largest absolute Gasteiger partial charge is 0.376 e. The molecule has 1 aliphatic rings. The van der Waals surface area contributed by atoms with Gasteiger partial charge in [-0.05, 0) is 0 Å². The highest BCUT2D eigenvalue weighted by atomic mass is 16.5. The number of hydrogen-bond acceptors (Lipinski definition) is 4. The molecule has 4 heteroatoms. The first-order valence-electron chi connectivity index (χ1n) is 5.23. The molecule has 1 saturated carbocycles. The molecule has 0 heterocycles. The number of rotatable bonds is 5. The summed E-state index contributed by atoms with van der Waals surface area (Å²) in [7, 11) is 0. The highest BCUT2D eigenvalue weighted by molar-refractivity contribution is 5.79. The summed E-state index contributed by atoms with van der Waals surface area (Å²) in [5, 5.41) is 0. The molecule has 0 aliphatic heterocycles. The van der Waals surface area contributed by atoms with Crippen molar-refractivity contribution in [1.29, 1.82) is 0 Å². The fourth-order valence-electron chi connectivity index (χ4n) is 1.74. The molecule has 2 unspecified atom stereocenters. The van der Waals surface area contributed by atoms with Crippen LogP contribution in [-0.2, 0) is 19.1 Å². The maximum atomic E-state index is 11.5. The van der Waals surface area contributed by atoms with Crippen molar-refractivity contribution < 1.29 is 19.1 Å². The molecule has 0 radical (unpaired) electrons. The molecule has 0 aromatic carbocycles. The van der Waals surface area contributed by atoms with Gasteiger partial charge in [0.15, 0.2) is 0 Å². The first kappa shape index (κ1) is 12.7. The molecule has 0 bridgehead atoms. The molecular weight excluding hydrogens is 208 g/mol. The summed E-state index contributed by atoms with van der Waals surface area (Å²) in [4.78, 5) is 21.7. The molecule has 1 rings (SSSR count). The minimum Gasteiger partial charge on any atom is -0.376 e. The number of aldehydes is 1. The smallest absolute Gasteiger partial charge is 0.326 e. The Labute approximate surface area is 95.3 Å². The first-order chi connectivity index (χ1) is 7.55. The zero-order chi connectivity index (χ0) is 12.2. The van der Waals surface area contributed by atoms with E-state index in [1.807, 2.05) is 13.8 Å². The number of carbonyl (C=O) groups is 2. The van der Waals surface area contributed by atoms with E-state index in [1.54, 1.807) is 6.92 Å². The number of esters is 1. The third-order valence-electron chi connectivity index (χ3n) is 2.77. The molecule has 4 nitrogen and oxygen atoms in total. The number of carbonyl (C=O) groups excluding carboxylic acids is 2. The Morgan fingerprint density at radius 3 is 2.75 bits per heavy atom. The van der Waals surface area contributed by atoms with Gasteiger partial charge >= 0.3 is 5.97 Å². The Morgan fingerprint density at radius 2 is 2.19 bits per heavy atom. The average molecular weight is 224 g/mol. The SMILES string of the molecule is CC#COC(=O)C1C(OCCC=O)C1(C)C. The standard InChI is InChI=1S/C12H16O4/c1-4-7-16-11(14)9-10(12(9,2)3)15-8-5-6-13/h6,9-10H,5,8H2,1-3H3. The summed E-state index contributed by atoms with van der Waals surface area (Å²) in [5.74, 6) is 1.87. The van der Waals surface area contributed by atoms with Gasteiger partial charge in [0.2, 0.25) is 0 Å². The molecule has 1 aliphatic carbocycles. The Morgan fingerprint density at radius 1 is 1.50 bits per heavy atom. The Hall–Kier alpha value is -1.34. The van der Waals surface area contributed by atoms with E-state index in [0.29, 0.717) is 13.0 Å². The van der Waals surface area contributed by atoms with Gasteiger partial charge in [0.05, 0.1) is 18.6 Å². The molecule has 0 aromatic heterocycles. The lowest BCUT2D eigenvalue weighted by Crippen LogP contribution is -2.09. The molecule has 0 saturated heterocycles. The molecule has 88 valence electrons. The van der Waals surface area contributed by atoms with Gasteiger partial charge in [0, 0.05) is 18.8 Å². The average Bonchev–Trinajstić information content (AvgIpc) is 2.78. The fraction of sp³-hybridized carbons (Fsp3) is 0.667. The van der Waals surface area contributed by atoms with Crippen LogP contribution in [0.5, 0.6) is 0 Å². The molecule has 16 heavy (non-hydrogen) atoms. The van der Waals surface area contributed by atoms with Crippen molar-refractivity contribution in [3.05, 3.63) is 0 Å². The van der Waals surface area contributed by atoms with Crippen LogP contribution in [0.4, 0.5) is 0 Å². The maximum Gasteiger partial charge on any atom is 0.326 e. The van der Waals surface area contributed by atoms with Gasteiger partial charge in [0.25, 0.3) is 0 Å². The highest BCUT2D eigenvalue weighted by Gasteiger charge is 2.64. The maximum absolute atomic E-state index is 11.5. The lowest BCUT2D eigenvalue weighted by Gasteiger charge is -2.01. The van der Waals surface area contributed by atoms with Crippen molar-refractivity contribution in [2.45, 2.75) is 33.3 Å². The van der Waals surface area contributed by atoms with Crippen LogP contribution in [0, 0.1) is 23.4 Å². The van der Waals surface area contributed by atoms with E-state index in [-0.39, 0.29) is 23.4 Å². The van der Waals surface area contributed by atoms with Crippen molar-refractivity contribution in [1.82, 2.24) is 0 Å². The van der Waals surface area contributed by atoms with Crippen molar-refractivity contribution in [3.8, 4) is 12.0 Å². The van der Waals surface area contributed by atoms with E-state index in [0.717, 1.165) is 6.29 Å². The van der Waals surface area contributed by atoms with E-state index in [2.05, 4.69) is 12.0 Å². The minimum absolute atomic E-state index is 0.168. The van der Waals surface area contributed by atoms with E-state index in [1.165, 1.54) is 0 Å². The zero-order valence-electron chi connectivity index (χ0n) is 9.78. The van der Waals surface area contributed by atoms with Gasteiger partial charge in [-0.1, -0.05) is 19.8 Å². The van der Waals surface area contributed by atoms with Crippen LogP contribution in [0.1, 0.15) is 27.2 Å². The van der Waals surface area contributed by atoms with E-state index >= 15 is 0 Å². The zero-order valence-corrected chi connectivity index (χ0v) is 9.78. The summed E-state index contributed by atoms with van der Waals surface area (Å²) in [6, 6.07) is 0. The lowest BCUT2D eigenvalue weighted by molar-refractivity contribution is -0.139. The van der Waals surface area contributed by atoms with Crippen molar-refractivity contribution >= 4 is 12.3 Å². The van der Waals surface area contributed by atoms with Crippen molar-refractivity contribution in [2.75, 3.05) is 6.61 Å². The second-order valence-corrected chi connectivity index (χ2v) is 4.32. The Balaban J connectivity index is 2.45. The molecule has 1 fully saturated rings. The monoisotopic (exact) mass is 224 g/mol. The van der Waals surface area contributed by atoms with Gasteiger partial charge in [-0.3, -0.25) is 4.79 Å². The molecule has 0 N–H and O–H groups in total. The summed E-state index contributed by atoms with van der Waals surface area (Å²) in [5.41, 5.74) is -0.227. The van der Waals surface area contributed by atoms with Crippen LogP contribution >= 0.6 is 0 Å². The molecular formula is C12H16O4. The predicted octanol–water partition coefficient (Wildman–Crippen LogP) is 1.14. The van der Waals surface area contributed by atoms with E-state index in [9.17, 15) is 9.59 Å². The van der Waals surface area contributed by atoms with Gasteiger partial charge < -0.3 is 14.3 Å². The molecule has 2 atom stereocenters. The van der Waals surface area contributed by atoms with Gasteiger partial charge in [-0.25, -0.2) is 0 Å². The quantitative estimate of drug-likeness (QED) is 0.304. The number of ether oxygens (including phenoxy) is 2. The van der Waals surface area contributed by atoms with Gasteiger partial charge in [0.1, 0.15) is 12.4 Å². The third-order valence-corrected chi connectivity index (χ3v) is 2.77. The van der Waals surface area contributed by atoms with E-state index < -0.39 is 0 Å². The van der Waals surface area contributed by atoms with Gasteiger partial charge in [-0.15, -0.1) is 0 Å². The second-order valence-electron chi connectivity index (χ2n) is 4.32. The normalized spacial score (nSPS) is 25.2. The molecule has 0 aromatic rings. The first-order valence-corrected chi connectivity index (χ1v) is 5.23. The van der Waals surface area contributed by atoms with Crippen LogP contribution in [0.2, 0.25) is 0 Å². The summed E-state index contributed by atoms with van der Waals surface area (Å²) >= 11 is 0. The summed E-state index contributed by atoms with van der Waals surface area (Å²) in [6.07, 6.45) is 3.26. The predicted molar refractivity (Wildman–Crippen MR) is 57.2 cm³/mol. The Kier molecular flexibility index (Phi) is 4.08. The topological polar surface area (TPSA) is 52.6 Å².